The van der Waals surface area contributed by atoms with Crippen LogP contribution in [-0.4, -0.2) is 20.9 Å². The summed E-state index contributed by atoms with van der Waals surface area (Å²) in [6.45, 7) is 2.71. The number of hydrogen-bond acceptors (Lipinski definition) is 3. The summed E-state index contributed by atoms with van der Waals surface area (Å²) in [5, 5.41) is 2.25. The van der Waals surface area contributed by atoms with Crippen LogP contribution in [0.4, 0.5) is 24.5 Å². The summed E-state index contributed by atoms with van der Waals surface area (Å²) in [6, 6.07) is 13.2. The van der Waals surface area contributed by atoms with Gasteiger partial charge in [0.2, 0.25) is 5.91 Å². The van der Waals surface area contributed by atoms with Gasteiger partial charge in [0.25, 0.3) is 10.0 Å². The van der Waals surface area contributed by atoms with Crippen LogP contribution in [0.2, 0.25) is 10.0 Å². The number of aryl methyl sites for hydroxylation is 2. The molecule has 3 aromatic carbocycles. The van der Waals surface area contributed by atoms with Crippen LogP contribution < -0.4 is 9.62 Å². The third-order valence-corrected chi connectivity index (χ3v) is 7.33. The van der Waals surface area contributed by atoms with Crippen molar-refractivity contribution in [3.8, 4) is 0 Å². The van der Waals surface area contributed by atoms with Gasteiger partial charge in [-0.2, -0.15) is 13.2 Å². The van der Waals surface area contributed by atoms with E-state index in [-0.39, 0.29) is 20.6 Å². The summed E-state index contributed by atoms with van der Waals surface area (Å²) < 4.78 is 67.8. The molecular weight excluding hydrogens is 512 g/mol. The maximum absolute atomic E-state index is 13.4. The number of nitrogens with zero attached hydrogens (tertiary/aromatic N) is 1. The van der Waals surface area contributed by atoms with Crippen molar-refractivity contribution in [3.05, 3.63) is 87.4 Å². The monoisotopic (exact) mass is 530 g/mol. The van der Waals surface area contributed by atoms with E-state index in [1.165, 1.54) is 30.3 Å². The van der Waals surface area contributed by atoms with Crippen LogP contribution in [0.15, 0.2) is 65.6 Å². The van der Waals surface area contributed by atoms with E-state index < -0.39 is 39.9 Å². The number of rotatable bonds is 6. The van der Waals surface area contributed by atoms with E-state index in [2.05, 4.69) is 5.32 Å². The number of carbonyl (C=O) groups is 1. The first-order valence-corrected chi connectivity index (χ1v) is 12.0. The highest BCUT2D eigenvalue weighted by Crippen LogP contribution is 2.36. The lowest BCUT2D eigenvalue weighted by Gasteiger charge is -2.25. The largest absolute Gasteiger partial charge is 0.418 e. The molecule has 0 unspecified atom stereocenters. The SMILES string of the molecule is Cc1ccc(S(=O)(=O)N(CC(=O)Nc2ccc(Cl)cc2C(F)(F)F)c2ccc(C)c(Cl)c2)cc1. The summed E-state index contributed by atoms with van der Waals surface area (Å²) in [6.07, 6.45) is -4.79. The van der Waals surface area contributed by atoms with Crippen molar-refractivity contribution in [2.24, 2.45) is 0 Å². The molecule has 0 saturated heterocycles. The number of alkyl halides is 3. The van der Waals surface area contributed by atoms with Gasteiger partial charge >= 0.3 is 6.18 Å². The van der Waals surface area contributed by atoms with Crippen molar-refractivity contribution in [1.29, 1.82) is 0 Å². The molecule has 0 radical (unpaired) electrons. The molecule has 0 aromatic heterocycles. The van der Waals surface area contributed by atoms with E-state index in [4.69, 9.17) is 23.2 Å². The summed E-state index contributed by atoms with van der Waals surface area (Å²) in [4.78, 5) is 12.7. The fourth-order valence-corrected chi connectivity index (χ4v) is 4.83. The van der Waals surface area contributed by atoms with Crippen LogP contribution >= 0.6 is 23.2 Å². The number of sulfonamides is 1. The predicted molar refractivity (Wildman–Crippen MR) is 127 cm³/mol. The zero-order valence-corrected chi connectivity index (χ0v) is 20.3. The fourth-order valence-electron chi connectivity index (χ4n) is 3.07. The zero-order valence-electron chi connectivity index (χ0n) is 18.0. The maximum atomic E-state index is 13.4. The van der Waals surface area contributed by atoms with E-state index in [1.807, 2.05) is 0 Å². The molecule has 11 heteroatoms. The van der Waals surface area contributed by atoms with Gasteiger partial charge in [-0.05, 0) is 61.9 Å². The van der Waals surface area contributed by atoms with Gasteiger partial charge in [0.05, 0.1) is 21.8 Å². The minimum absolute atomic E-state index is 0.0819. The highest BCUT2D eigenvalue weighted by molar-refractivity contribution is 7.92. The highest BCUT2D eigenvalue weighted by atomic mass is 35.5. The Morgan fingerprint density at radius 2 is 1.62 bits per heavy atom. The average molecular weight is 531 g/mol. The number of anilines is 2. The molecule has 3 aromatic rings. The third kappa shape index (κ3) is 5.84. The van der Waals surface area contributed by atoms with Crippen molar-refractivity contribution in [2.75, 3.05) is 16.2 Å². The molecule has 5 nitrogen and oxygen atoms in total. The number of amides is 1. The Morgan fingerprint density at radius 1 is 0.971 bits per heavy atom. The molecule has 0 aliphatic heterocycles. The van der Waals surface area contributed by atoms with E-state index in [9.17, 15) is 26.4 Å². The second-order valence-corrected chi connectivity index (χ2v) is 10.2. The minimum atomic E-state index is -4.79. The quantitative estimate of drug-likeness (QED) is 0.397. The second kappa shape index (κ2) is 9.85. The van der Waals surface area contributed by atoms with Crippen molar-refractivity contribution in [1.82, 2.24) is 0 Å². The third-order valence-electron chi connectivity index (χ3n) is 4.90. The number of hydrogen-bond donors (Lipinski definition) is 1. The first-order valence-electron chi connectivity index (χ1n) is 9.81. The molecule has 180 valence electrons. The van der Waals surface area contributed by atoms with Gasteiger partial charge in [-0.3, -0.25) is 9.10 Å². The number of benzene rings is 3. The lowest BCUT2D eigenvalue weighted by molar-refractivity contribution is -0.137. The second-order valence-electron chi connectivity index (χ2n) is 7.49. The van der Waals surface area contributed by atoms with E-state index in [0.29, 0.717) is 11.6 Å². The molecule has 0 atom stereocenters. The summed E-state index contributed by atoms with van der Waals surface area (Å²) in [7, 11) is -4.26. The van der Waals surface area contributed by atoms with Crippen molar-refractivity contribution in [3.63, 3.8) is 0 Å². The predicted octanol–water partition coefficient (Wildman–Crippen LogP) is 6.46. The zero-order chi connectivity index (χ0) is 25.3. The first kappa shape index (κ1) is 25.9. The summed E-state index contributed by atoms with van der Waals surface area (Å²) >= 11 is 11.8. The van der Waals surface area contributed by atoms with Crippen molar-refractivity contribution >= 4 is 50.5 Å². The van der Waals surface area contributed by atoms with Gasteiger partial charge in [0.1, 0.15) is 6.54 Å². The van der Waals surface area contributed by atoms with Crippen molar-refractivity contribution in [2.45, 2.75) is 24.9 Å². The molecule has 3 rings (SSSR count). The van der Waals surface area contributed by atoms with E-state index >= 15 is 0 Å². The lowest BCUT2D eigenvalue weighted by Crippen LogP contribution is -2.38. The standard InChI is InChI=1S/C23H19Cl2F3N2O3S/c1-14-3-8-18(9-4-14)34(32,33)30(17-7-5-15(2)20(25)12-17)13-22(31)29-21-10-6-16(24)11-19(21)23(26,27)28/h3-12H,13H2,1-2H3,(H,29,31). The Labute approximate surface area is 205 Å². The fraction of sp³-hybridized carbons (Fsp3) is 0.174. The van der Waals surface area contributed by atoms with E-state index in [1.54, 1.807) is 32.0 Å². The van der Waals surface area contributed by atoms with Crippen LogP contribution in [-0.2, 0) is 21.0 Å². The van der Waals surface area contributed by atoms with Crippen LogP contribution in [0.1, 0.15) is 16.7 Å². The number of carbonyl (C=O) groups excluding carboxylic acids is 1. The summed E-state index contributed by atoms with van der Waals surface area (Å²) in [5.41, 5.74) is -0.114. The van der Waals surface area contributed by atoms with Crippen molar-refractivity contribution < 1.29 is 26.4 Å². The molecule has 0 heterocycles. The molecule has 1 amide bonds. The van der Waals surface area contributed by atoms with Gasteiger partial charge in [-0.1, -0.05) is 47.0 Å². The molecule has 0 saturated carbocycles. The normalized spacial score (nSPS) is 11.9. The molecule has 0 fully saturated rings. The van der Waals surface area contributed by atoms with Gasteiger partial charge in [-0.25, -0.2) is 8.42 Å². The van der Waals surface area contributed by atoms with Crippen LogP contribution in [0, 0.1) is 13.8 Å². The molecule has 0 bridgehead atoms. The van der Waals surface area contributed by atoms with Gasteiger partial charge in [0.15, 0.2) is 0 Å². The molecular formula is C23H19Cl2F3N2O3S. The average Bonchev–Trinajstić information content (AvgIpc) is 2.75. The van der Waals surface area contributed by atoms with Crippen LogP contribution in [0.3, 0.4) is 0 Å². The van der Waals surface area contributed by atoms with Crippen LogP contribution in [0.25, 0.3) is 0 Å². The number of nitrogens with one attached hydrogen (secondary N) is 1. The Kier molecular flexibility index (Phi) is 7.50. The highest BCUT2D eigenvalue weighted by Gasteiger charge is 2.35. The van der Waals surface area contributed by atoms with Gasteiger partial charge in [0, 0.05) is 10.0 Å². The summed E-state index contributed by atoms with van der Waals surface area (Å²) in [5.74, 6) is -0.986. The Bertz CT molecular complexity index is 1330. The van der Waals surface area contributed by atoms with Crippen LogP contribution in [0.5, 0.6) is 0 Å². The Balaban J connectivity index is 2.01. The Morgan fingerprint density at radius 3 is 2.21 bits per heavy atom. The number of halogens is 5. The minimum Gasteiger partial charge on any atom is -0.324 e. The first-order chi connectivity index (χ1) is 15.8. The molecule has 0 aliphatic rings. The molecule has 0 aliphatic carbocycles. The molecule has 0 spiro atoms. The van der Waals surface area contributed by atoms with E-state index in [0.717, 1.165) is 15.9 Å². The Hall–Kier alpha value is -2.75. The van der Waals surface area contributed by atoms with Gasteiger partial charge in [-0.15, -0.1) is 0 Å². The maximum Gasteiger partial charge on any atom is 0.418 e. The lowest BCUT2D eigenvalue weighted by atomic mass is 10.1. The smallest absolute Gasteiger partial charge is 0.324 e. The topological polar surface area (TPSA) is 66.5 Å². The van der Waals surface area contributed by atoms with Gasteiger partial charge < -0.3 is 5.32 Å². The molecule has 1 N–H and O–H groups in total. The molecule has 34 heavy (non-hydrogen) atoms.